The average molecular weight is 181 g/mol. The van der Waals surface area contributed by atoms with Gasteiger partial charge in [0.15, 0.2) is 0 Å². The van der Waals surface area contributed by atoms with E-state index in [9.17, 15) is 8.42 Å². The summed E-state index contributed by atoms with van der Waals surface area (Å²) in [5.74, 6) is 0.0989. The fraction of sp³-hybridized carbons (Fsp3) is 1.00. The lowest BCUT2D eigenvalue weighted by Gasteiger charge is -2.07. The Balaban J connectivity index is 3.55. The molecule has 0 fully saturated rings. The Hall–Kier alpha value is -0.130. The van der Waals surface area contributed by atoms with Crippen molar-refractivity contribution in [3.8, 4) is 0 Å². The summed E-state index contributed by atoms with van der Waals surface area (Å²) in [5.41, 5.74) is 0. The molecule has 0 bridgehead atoms. The van der Waals surface area contributed by atoms with Crippen LogP contribution in [0, 0.1) is 0 Å². The minimum absolute atomic E-state index is 0.0989. The van der Waals surface area contributed by atoms with E-state index < -0.39 is 10.1 Å². The maximum atomic E-state index is 10.7. The van der Waals surface area contributed by atoms with Gasteiger partial charge in [0.05, 0.1) is 12.9 Å². The molecule has 11 heavy (non-hydrogen) atoms. The van der Waals surface area contributed by atoms with Crippen LogP contribution >= 0.6 is 0 Å². The van der Waals surface area contributed by atoms with E-state index in [0.717, 1.165) is 6.54 Å². The fourth-order valence-electron chi connectivity index (χ4n) is 0.641. The van der Waals surface area contributed by atoms with Crippen molar-refractivity contribution in [2.24, 2.45) is 0 Å². The Labute approximate surface area is 68.3 Å². The van der Waals surface area contributed by atoms with Crippen LogP contribution in [0.4, 0.5) is 0 Å². The van der Waals surface area contributed by atoms with Crippen molar-refractivity contribution in [2.45, 2.75) is 6.42 Å². The van der Waals surface area contributed by atoms with Crippen molar-refractivity contribution >= 4 is 10.1 Å². The highest BCUT2D eigenvalue weighted by molar-refractivity contribution is 7.86. The molecule has 0 aromatic heterocycles. The van der Waals surface area contributed by atoms with E-state index in [0.29, 0.717) is 6.42 Å². The van der Waals surface area contributed by atoms with Gasteiger partial charge >= 0.3 is 0 Å². The van der Waals surface area contributed by atoms with Crippen LogP contribution in [-0.2, 0) is 14.3 Å². The van der Waals surface area contributed by atoms with Gasteiger partial charge in [0.1, 0.15) is 0 Å². The third kappa shape index (κ3) is 6.28. The Morgan fingerprint density at radius 2 is 1.91 bits per heavy atom. The molecule has 0 aliphatic heterocycles. The Bertz CT molecular complexity index is 186. The largest absolute Gasteiger partial charge is 0.309 e. The first kappa shape index (κ1) is 10.9. The van der Waals surface area contributed by atoms with Gasteiger partial charge in [0.25, 0.3) is 10.1 Å². The molecule has 0 atom stereocenters. The van der Waals surface area contributed by atoms with E-state index in [2.05, 4.69) is 4.18 Å². The summed E-state index contributed by atoms with van der Waals surface area (Å²) in [6, 6.07) is 0. The highest BCUT2D eigenvalue weighted by Gasteiger charge is 2.07. The molecule has 0 unspecified atom stereocenters. The van der Waals surface area contributed by atoms with Crippen LogP contribution in [0.5, 0.6) is 0 Å². The second-order valence-corrected chi connectivity index (χ2v) is 4.44. The molecule has 0 spiro atoms. The third-order valence-electron chi connectivity index (χ3n) is 1.25. The van der Waals surface area contributed by atoms with E-state index in [4.69, 9.17) is 0 Å². The van der Waals surface area contributed by atoms with E-state index in [-0.39, 0.29) is 5.75 Å². The van der Waals surface area contributed by atoms with Gasteiger partial charge in [0, 0.05) is 0 Å². The zero-order valence-electron chi connectivity index (χ0n) is 7.20. The summed E-state index contributed by atoms with van der Waals surface area (Å²) in [6.07, 6.45) is 0.614. The second kappa shape index (κ2) is 4.69. The van der Waals surface area contributed by atoms with Crippen LogP contribution < -0.4 is 0 Å². The summed E-state index contributed by atoms with van der Waals surface area (Å²) < 4.78 is 25.8. The molecule has 0 aromatic rings. The van der Waals surface area contributed by atoms with E-state index in [1.54, 1.807) is 0 Å². The standard InChI is InChI=1S/C6H15NO3S/c1-7(2)5-4-6-11(8,9)10-3/h4-6H2,1-3H3. The molecule has 0 N–H and O–H groups in total. The smallest absolute Gasteiger partial charge is 0.267 e. The van der Waals surface area contributed by atoms with E-state index in [1.165, 1.54) is 7.11 Å². The maximum Gasteiger partial charge on any atom is 0.267 e. The normalized spacial score (nSPS) is 12.4. The zero-order chi connectivity index (χ0) is 8.91. The molecule has 0 radical (unpaired) electrons. The van der Waals surface area contributed by atoms with Crippen LogP contribution in [0.3, 0.4) is 0 Å². The quantitative estimate of drug-likeness (QED) is 0.556. The summed E-state index contributed by atoms with van der Waals surface area (Å²) >= 11 is 0. The van der Waals surface area contributed by atoms with Crippen molar-refractivity contribution in [1.82, 2.24) is 4.90 Å². The molecule has 0 saturated heterocycles. The highest BCUT2D eigenvalue weighted by Crippen LogP contribution is 1.94. The maximum absolute atomic E-state index is 10.7. The van der Waals surface area contributed by atoms with Crippen molar-refractivity contribution < 1.29 is 12.6 Å². The summed E-state index contributed by atoms with van der Waals surface area (Å²) in [5, 5.41) is 0. The lowest BCUT2D eigenvalue weighted by Crippen LogP contribution is -2.17. The van der Waals surface area contributed by atoms with Crippen molar-refractivity contribution in [3.05, 3.63) is 0 Å². The Kier molecular flexibility index (Phi) is 4.63. The number of nitrogens with zero attached hydrogens (tertiary/aromatic N) is 1. The predicted molar refractivity (Wildman–Crippen MR) is 44.0 cm³/mol. The minimum atomic E-state index is -3.24. The minimum Gasteiger partial charge on any atom is -0.309 e. The fourth-order valence-corrected chi connectivity index (χ4v) is 1.29. The monoisotopic (exact) mass is 181 g/mol. The summed E-state index contributed by atoms with van der Waals surface area (Å²) in [6.45, 7) is 0.766. The predicted octanol–water partition coefficient (Wildman–Crippen LogP) is -0.0857. The van der Waals surface area contributed by atoms with Gasteiger partial charge in [0.2, 0.25) is 0 Å². The molecule has 0 aliphatic rings. The number of hydrogen-bond donors (Lipinski definition) is 0. The second-order valence-electron chi connectivity index (χ2n) is 2.59. The molecule has 5 heteroatoms. The van der Waals surface area contributed by atoms with Gasteiger partial charge in [-0.25, -0.2) is 0 Å². The van der Waals surface area contributed by atoms with Crippen LogP contribution in [0.1, 0.15) is 6.42 Å². The summed E-state index contributed by atoms with van der Waals surface area (Å²) in [7, 11) is 1.75. The van der Waals surface area contributed by atoms with Gasteiger partial charge in [-0.15, -0.1) is 0 Å². The van der Waals surface area contributed by atoms with Gasteiger partial charge in [-0.1, -0.05) is 0 Å². The van der Waals surface area contributed by atoms with E-state index >= 15 is 0 Å². The number of rotatable bonds is 5. The van der Waals surface area contributed by atoms with Gasteiger partial charge in [-0.2, -0.15) is 8.42 Å². The molecular weight excluding hydrogens is 166 g/mol. The van der Waals surface area contributed by atoms with Gasteiger partial charge in [-0.3, -0.25) is 4.18 Å². The van der Waals surface area contributed by atoms with Crippen molar-refractivity contribution in [3.63, 3.8) is 0 Å². The van der Waals surface area contributed by atoms with Crippen LogP contribution in [0.15, 0.2) is 0 Å². The first-order valence-electron chi connectivity index (χ1n) is 3.41. The molecule has 0 heterocycles. The molecule has 68 valence electrons. The molecule has 0 rings (SSSR count). The first-order valence-corrected chi connectivity index (χ1v) is 4.98. The highest BCUT2D eigenvalue weighted by atomic mass is 32.2. The molecule has 0 aliphatic carbocycles. The van der Waals surface area contributed by atoms with Gasteiger partial charge < -0.3 is 4.90 Å². The van der Waals surface area contributed by atoms with Gasteiger partial charge in [-0.05, 0) is 27.1 Å². The molecule has 0 saturated carbocycles. The van der Waals surface area contributed by atoms with E-state index in [1.807, 2.05) is 19.0 Å². The van der Waals surface area contributed by atoms with Crippen molar-refractivity contribution in [1.29, 1.82) is 0 Å². The molecule has 4 nitrogen and oxygen atoms in total. The SMILES string of the molecule is COS(=O)(=O)CCCN(C)C. The molecule has 0 aromatic carbocycles. The first-order chi connectivity index (χ1) is 4.98. The average Bonchev–Trinajstić information content (AvgIpc) is 1.87. The van der Waals surface area contributed by atoms with Crippen LogP contribution in [-0.4, -0.2) is 46.8 Å². The summed E-state index contributed by atoms with van der Waals surface area (Å²) in [4.78, 5) is 1.94. The molecular formula is C6H15NO3S. The van der Waals surface area contributed by atoms with Crippen molar-refractivity contribution in [2.75, 3.05) is 33.5 Å². The Morgan fingerprint density at radius 1 is 1.36 bits per heavy atom. The number of hydrogen-bond acceptors (Lipinski definition) is 4. The molecule has 0 amide bonds. The zero-order valence-corrected chi connectivity index (χ0v) is 8.02. The Morgan fingerprint density at radius 3 is 2.27 bits per heavy atom. The van der Waals surface area contributed by atoms with Crippen LogP contribution in [0.2, 0.25) is 0 Å². The third-order valence-corrected chi connectivity index (χ3v) is 2.55. The lowest BCUT2D eigenvalue weighted by molar-refractivity contribution is 0.382. The lowest BCUT2D eigenvalue weighted by atomic mass is 10.5. The topological polar surface area (TPSA) is 46.6 Å². The van der Waals surface area contributed by atoms with Crippen LogP contribution in [0.25, 0.3) is 0 Å².